The Morgan fingerprint density at radius 1 is 1.16 bits per heavy atom. The minimum atomic E-state index is 0.405. The van der Waals surface area contributed by atoms with E-state index in [0.717, 1.165) is 6.54 Å². The summed E-state index contributed by atoms with van der Waals surface area (Å²) in [5, 5.41) is 6.48. The molecular formula is C17H22N2. The van der Waals surface area contributed by atoms with Gasteiger partial charge in [0, 0.05) is 18.6 Å². The number of hydrogen-bond donors (Lipinski definition) is 1. The first-order valence-electron chi connectivity index (χ1n) is 7.16. The summed E-state index contributed by atoms with van der Waals surface area (Å²) in [6.45, 7) is 4.65. The summed E-state index contributed by atoms with van der Waals surface area (Å²) in [7, 11) is 2.20. The summed E-state index contributed by atoms with van der Waals surface area (Å²) in [4.78, 5) is 2.40. The maximum absolute atomic E-state index is 3.78. The molecule has 1 aliphatic heterocycles. The highest BCUT2D eigenvalue weighted by atomic mass is 15.2. The first-order valence-corrected chi connectivity index (χ1v) is 7.16. The van der Waals surface area contributed by atoms with E-state index in [9.17, 15) is 0 Å². The average Bonchev–Trinajstić information content (AvgIpc) is 2.83. The molecule has 0 saturated carbocycles. The predicted molar refractivity (Wildman–Crippen MR) is 81.4 cm³/mol. The normalized spacial score (nSPS) is 21.9. The number of hydrogen-bond acceptors (Lipinski definition) is 2. The topological polar surface area (TPSA) is 15.3 Å². The van der Waals surface area contributed by atoms with Crippen molar-refractivity contribution in [3.8, 4) is 0 Å². The van der Waals surface area contributed by atoms with Crippen molar-refractivity contribution in [2.75, 3.05) is 20.1 Å². The zero-order chi connectivity index (χ0) is 13.2. The van der Waals surface area contributed by atoms with Gasteiger partial charge in [-0.25, -0.2) is 0 Å². The van der Waals surface area contributed by atoms with Crippen LogP contribution in [-0.2, 0) is 0 Å². The first kappa shape index (κ1) is 12.6. The van der Waals surface area contributed by atoms with E-state index in [0.29, 0.717) is 12.1 Å². The summed E-state index contributed by atoms with van der Waals surface area (Å²) in [6, 6.07) is 16.3. The van der Waals surface area contributed by atoms with E-state index in [1.807, 2.05) is 0 Å². The van der Waals surface area contributed by atoms with Gasteiger partial charge in [-0.1, -0.05) is 42.5 Å². The molecule has 3 rings (SSSR count). The molecule has 2 heteroatoms. The third-order valence-corrected chi connectivity index (χ3v) is 4.17. The van der Waals surface area contributed by atoms with Crippen LogP contribution in [0.3, 0.4) is 0 Å². The number of likely N-dealkylation sites (tertiary alicyclic amines) is 1. The molecule has 1 N–H and O–H groups in total. The molecule has 0 aliphatic carbocycles. The zero-order valence-corrected chi connectivity index (χ0v) is 11.8. The molecule has 100 valence electrons. The standard InChI is InChI=1S/C17H22N2/c1-13(18-15-10-11-19(2)12-15)16-9-5-7-14-6-3-4-8-17(14)16/h3-9,13,15,18H,10-12H2,1-2H3/t13-,15+/m1/s1. The van der Waals surface area contributed by atoms with E-state index in [4.69, 9.17) is 0 Å². The highest BCUT2D eigenvalue weighted by Crippen LogP contribution is 2.25. The highest BCUT2D eigenvalue weighted by molar-refractivity contribution is 5.86. The maximum Gasteiger partial charge on any atom is 0.0301 e. The maximum atomic E-state index is 3.78. The lowest BCUT2D eigenvalue weighted by Crippen LogP contribution is -2.33. The van der Waals surface area contributed by atoms with Gasteiger partial charge >= 0.3 is 0 Å². The molecule has 1 saturated heterocycles. The molecule has 1 heterocycles. The Bertz CT molecular complexity index is 559. The predicted octanol–water partition coefficient (Wildman–Crippen LogP) is 3.19. The molecule has 0 spiro atoms. The lowest BCUT2D eigenvalue weighted by Gasteiger charge is -2.21. The van der Waals surface area contributed by atoms with Gasteiger partial charge in [-0.3, -0.25) is 0 Å². The third-order valence-electron chi connectivity index (χ3n) is 4.17. The fraction of sp³-hybridized carbons (Fsp3) is 0.412. The van der Waals surface area contributed by atoms with Gasteiger partial charge < -0.3 is 10.2 Å². The zero-order valence-electron chi connectivity index (χ0n) is 11.8. The lowest BCUT2D eigenvalue weighted by atomic mass is 9.99. The molecule has 0 unspecified atom stereocenters. The smallest absolute Gasteiger partial charge is 0.0301 e. The monoisotopic (exact) mass is 254 g/mol. The van der Waals surface area contributed by atoms with Crippen LogP contribution in [0.4, 0.5) is 0 Å². The molecule has 1 fully saturated rings. The van der Waals surface area contributed by atoms with E-state index in [1.54, 1.807) is 0 Å². The van der Waals surface area contributed by atoms with E-state index >= 15 is 0 Å². The second-order valence-corrected chi connectivity index (χ2v) is 5.70. The third kappa shape index (κ3) is 2.65. The largest absolute Gasteiger partial charge is 0.306 e. The lowest BCUT2D eigenvalue weighted by molar-refractivity contribution is 0.387. The Morgan fingerprint density at radius 3 is 2.74 bits per heavy atom. The fourth-order valence-corrected chi connectivity index (χ4v) is 3.14. The van der Waals surface area contributed by atoms with Crippen LogP contribution in [-0.4, -0.2) is 31.1 Å². The second kappa shape index (κ2) is 5.32. The van der Waals surface area contributed by atoms with Crippen LogP contribution >= 0.6 is 0 Å². The fourth-order valence-electron chi connectivity index (χ4n) is 3.14. The number of rotatable bonds is 3. The molecule has 19 heavy (non-hydrogen) atoms. The Hall–Kier alpha value is -1.38. The first-order chi connectivity index (χ1) is 9.24. The summed E-state index contributed by atoms with van der Waals surface area (Å²) >= 11 is 0. The summed E-state index contributed by atoms with van der Waals surface area (Å²) in [5.74, 6) is 0. The molecule has 0 radical (unpaired) electrons. The number of fused-ring (bicyclic) bond motifs is 1. The van der Waals surface area contributed by atoms with Gasteiger partial charge in [-0.2, -0.15) is 0 Å². The molecule has 1 aliphatic rings. The van der Waals surface area contributed by atoms with E-state index in [1.165, 1.54) is 29.3 Å². The molecule has 2 aromatic rings. The Kier molecular flexibility index (Phi) is 3.54. The van der Waals surface area contributed by atoms with Crippen LogP contribution in [0.25, 0.3) is 10.8 Å². The van der Waals surface area contributed by atoms with Crippen molar-refractivity contribution in [1.82, 2.24) is 10.2 Å². The molecule has 0 aromatic heterocycles. The molecule has 2 nitrogen and oxygen atoms in total. The van der Waals surface area contributed by atoms with Crippen molar-refractivity contribution < 1.29 is 0 Å². The summed E-state index contributed by atoms with van der Waals surface area (Å²) in [6.07, 6.45) is 1.26. The Balaban J connectivity index is 1.83. The van der Waals surface area contributed by atoms with Gasteiger partial charge in [0.25, 0.3) is 0 Å². The summed E-state index contributed by atoms with van der Waals surface area (Å²) in [5.41, 5.74) is 1.41. The van der Waals surface area contributed by atoms with Crippen LogP contribution in [0.2, 0.25) is 0 Å². The van der Waals surface area contributed by atoms with Gasteiger partial charge in [-0.15, -0.1) is 0 Å². The molecule has 0 bridgehead atoms. The quantitative estimate of drug-likeness (QED) is 0.905. The van der Waals surface area contributed by atoms with Crippen LogP contribution < -0.4 is 5.32 Å². The molecule has 2 atom stereocenters. The Labute approximate surface area is 115 Å². The second-order valence-electron chi connectivity index (χ2n) is 5.70. The van der Waals surface area contributed by atoms with Gasteiger partial charge in [0.05, 0.1) is 0 Å². The summed E-state index contributed by atoms with van der Waals surface area (Å²) < 4.78 is 0. The van der Waals surface area contributed by atoms with Crippen molar-refractivity contribution in [2.24, 2.45) is 0 Å². The van der Waals surface area contributed by atoms with Crippen molar-refractivity contribution in [3.05, 3.63) is 48.0 Å². The number of benzene rings is 2. The van der Waals surface area contributed by atoms with Crippen LogP contribution in [0.5, 0.6) is 0 Å². The highest BCUT2D eigenvalue weighted by Gasteiger charge is 2.21. The van der Waals surface area contributed by atoms with Crippen LogP contribution in [0.1, 0.15) is 24.9 Å². The molecular weight excluding hydrogens is 232 g/mol. The number of nitrogens with one attached hydrogen (secondary N) is 1. The molecule has 0 amide bonds. The SMILES string of the molecule is C[C@@H](N[C@H]1CCN(C)C1)c1cccc2ccccc12. The minimum Gasteiger partial charge on any atom is -0.306 e. The van der Waals surface area contributed by atoms with Gasteiger partial charge in [-0.05, 0) is 43.3 Å². The van der Waals surface area contributed by atoms with Crippen molar-refractivity contribution in [1.29, 1.82) is 0 Å². The minimum absolute atomic E-state index is 0.405. The van der Waals surface area contributed by atoms with Crippen LogP contribution in [0.15, 0.2) is 42.5 Å². The van der Waals surface area contributed by atoms with Crippen LogP contribution in [0, 0.1) is 0 Å². The van der Waals surface area contributed by atoms with E-state index < -0.39 is 0 Å². The molecule has 2 aromatic carbocycles. The van der Waals surface area contributed by atoms with Gasteiger partial charge in [0.1, 0.15) is 0 Å². The Morgan fingerprint density at radius 2 is 1.95 bits per heavy atom. The number of likely N-dealkylation sites (N-methyl/N-ethyl adjacent to an activating group) is 1. The average molecular weight is 254 g/mol. The van der Waals surface area contributed by atoms with Gasteiger partial charge in [0.15, 0.2) is 0 Å². The number of nitrogens with zero attached hydrogens (tertiary/aromatic N) is 1. The van der Waals surface area contributed by atoms with E-state index in [2.05, 4.69) is 66.7 Å². The van der Waals surface area contributed by atoms with Gasteiger partial charge in [0.2, 0.25) is 0 Å². The van der Waals surface area contributed by atoms with Crippen molar-refractivity contribution in [3.63, 3.8) is 0 Å². The van der Waals surface area contributed by atoms with E-state index in [-0.39, 0.29) is 0 Å². The van der Waals surface area contributed by atoms with Crippen molar-refractivity contribution >= 4 is 10.8 Å². The van der Waals surface area contributed by atoms with Crippen molar-refractivity contribution in [2.45, 2.75) is 25.4 Å².